The number of imidazole rings is 1. The third-order valence-electron chi connectivity index (χ3n) is 5.42. The molecule has 3 heterocycles. The Bertz CT molecular complexity index is 1370. The van der Waals surface area contributed by atoms with Crippen molar-refractivity contribution in [3.8, 4) is 0 Å². The van der Waals surface area contributed by atoms with Gasteiger partial charge in [0.05, 0.1) is 22.9 Å². The second kappa shape index (κ2) is 7.56. The number of hydrogen-bond donors (Lipinski definition) is 2. The zero-order chi connectivity index (χ0) is 21.4. The van der Waals surface area contributed by atoms with Gasteiger partial charge < -0.3 is 19.8 Å². The number of pyridine rings is 1. The molecule has 0 spiro atoms. The number of anilines is 2. The summed E-state index contributed by atoms with van der Waals surface area (Å²) in [4.78, 5) is 46.7. The molecule has 1 aliphatic rings. The van der Waals surface area contributed by atoms with Crippen molar-refractivity contribution in [3.05, 3.63) is 88.6 Å². The summed E-state index contributed by atoms with van der Waals surface area (Å²) in [5.74, 6) is -0.555. The van der Waals surface area contributed by atoms with E-state index in [0.29, 0.717) is 17.8 Å². The average molecular weight is 413 g/mol. The largest absolute Gasteiger partial charge is 0.345 e. The molecule has 2 aromatic carbocycles. The number of rotatable bonds is 4. The monoisotopic (exact) mass is 413 g/mol. The van der Waals surface area contributed by atoms with Gasteiger partial charge in [-0.15, -0.1) is 0 Å². The zero-order valence-corrected chi connectivity index (χ0v) is 16.5. The average Bonchev–Trinajstić information content (AvgIpc) is 3.41. The number of H-pyrrole nitrogens is 1. The SMILES string of the molecule is O=C(Nc1ccc2nc[nH]c2c1)c1ccc(=O)n(CC(=O)N2CCc3ccccc32)c1. The maximum absolute atomic E-state index is 12.9. The first-order chi connectivity index (χ1) is 15.1. The van der Waals surface area contributed by atoms with Crippen LogP contribution in [0.5, 0.6) is 0 Å². The van der Waals surface area contributed by atoms with Crippen molar-refractivity contribution in [1.82, 2.24) is 14.5 Å². The fourth-order valence-electron chi connectivity index (χ4n) is 3.83. The lowest BCUT2D eigenvalue weighted by Gasteiger charge is -2.18. The summed E-state index contributed by atoms with van der Waals surface area (Å²) < 4.78 is 1.27. The van der Waals surface area contributed by atoms with Gasteiger partial charge in [-0.2, -0.15) is 0 Å². The molecule has 2 aromatic heterocycles. The van der Waals surface area contributed by atoms with Crippen molar-refractivity contribution in [2.45, 2.75) is 13.0 Å². The van der Waals surface area contributed by atoms with Crippen LogP contribution < -0.4 is 15.8 Å². The zero-order valence-electron chi connectivity index (χ0n) is 16.5. The lowest BCUT2D eigenvalue weighted by atomic mass is 10.2. The van der Waals surface area contributed by atoms with Gasteiger partial charge in [0.2, 0.25) is 5.91 Å². The maximum Gasteiger partial charge on any atom is 0.257 e. The predicted octanol–water partition coefficient (Wildman–Crippen LogP) is 2.57. The summed E-state index contributed by atoms with van der Waals surface area (Å²) in [6, 6.07) is 15.8. The summed E-state index contributed by atoms with van der Waals surface area (Å²) >= 11 is 0. The van der Waals surface area contributed by atoms with E-state index in [1.54, 1.807) is 29.4 Å². The highest BCUT2D eigenvalue weighted by Gasteiger charge is 2.24. The van der Waals surface area contributed by atoms with Crippen molar-refractivity contribution in [2.75, 3.05) is 16.8 Å². The highest BCUT2D eigenvalue weighted by atomic mass is 16.2. The van der Waals surface area contributed by atoms with Gasteiger partial charge in [-0.3, -0.25) is 14.4 Å². The third kappa shape index (κ3) is 3.59. The molecule has 0 saturated carbocycles. The number of hydrogen-bond acceptors (Lipinski definition) is 4. The minimum Gasteiger partial charge on any atom is -0.345 e. The number of carbonyl (C=O) groups excluding carboxylic acids is 2. The Hall–Kier alpha value is -4.20. The number of fused-ring (bicyclic) bond motifs is 2. The fraction of sp³-hybridized carbons (Fsp3) is 0.130. The molecule has 0 atom stereocenters. The van der Waals surface area contributed by atoms with Gasteiger partial charge >= 0.3 is 0 Å². The van der Waals surface area contributed by atoms with Gasteiger partial charge in [0, 0.05) is 30.2 Å². The Balaban J connectivity index is 1.34. The molecule has 0 saturated heterocycles. The second-order valence-corrected chi connectivity index (χ2v) is 7.40. The van der Waals surface area contributed by atoms with Crippen molar-refractivity contribution in [3.63, 3.8) is 0 Å². The molecule has 154 valence electrons. The molecule has 0 radical (unpaired) electrons. The van der Waals surface area contributed by atoms with Crippen LogP contribution in [0.2, 0.25) is 0 Å². The Morgan fingerprint density at radius 2 is 1.97 bits per heavy atom. The van der Waals surface area contributed by atoms with Crippen molar-refractivity contribution < 1.29 is 9.59 Å². The van der Waals surface area contributed by atoms with Gasteiger partial charge in [0.1, 0.15) is 6.54 Å². The summed E-state index contributed by atoms with van der Waals surface area (Å²) in [5, 5.41) is 2.81. The summed E-state index contributed by atoms with van der Waals surface area (Å²) in [6.07, 6.45) is 3.80. The minimum absolute atomic E-state index is 0.131. The number of aromatic nitrogens is 3. The third-order valence-corrected chi connectivity index (χ3v) is 5.42. The van der Waals surface area contributed by atoms with E-state index in [1.807, 2.05) is 24.3 Å². The first-order valence-electron chi connectivity index (χ1n) is 9.92. The normalized spacial score (nSPS) is 12.7. The molecule has 5 rings (SSSR count). The number of benzene rings is 2. The van der Waals surface area contributed by atoms with E-state index in [4.69, 9.17) is 0 Å². The lowest BCUT2D eigenvalue weighted by Crippen LogP contribution is -2.35. The van der Waals surface area contributed by atoms with Crippen LogP contribution in [0, 0.1) is 0 Å². The molecule has 0 aliphatic carbocycles. The Morgan fingerprint density at radius 1 is 1.10 bits per heavy atom. The lowest BCUT2D eigenvalue weighted by molar-refractivity contribution is -0.119. The van der Waals surface area contributed by atoms with Gasteiger partial charge in [0.15, 0.2) is 0 Å². The van der Waals surface area contributed by atoms with E-state index in [-0.39, 0.29) is 23.9 Å². The molecule has 2 N–H and O–H groups in total. The van der Waals surface area contributed by atoms with Crippen LogP contribution in [0.1, 0.15) is 15.9 Å². The standard InChI is InChI=1S/C23H19N5O3/c29-21-8-5-16(23(31)26-17-6-7-18-19(11-17)25-14-24-18)12-27(21)13-22(30)28-10-9-15-3-1-2-4-20(15)28/h1-8,11-12,14H,9-10,13H2,(H,24,25)(H,26,31). The van der Waals surface area contributed by atoms with Gasteiger partial charge in [0.25, 0.3) is 11.5 Å². The van der Waals surface area contributed by atoms with E-state index in [0.717, 1.165) is 28.7 Å². The topological polar surface area (TPSA) is 100 Å². The van der Waals surface area contributed by atoms with Crippen LogP contribution >= 0.6 is 0 Å². The van der Waals surface area contributed by atoms with Crippen molar-refractivity contribution in [1.29, 1.82) is 0 Å². The first-order valence-corrected chi connectivity index (χ1v) is 9.92. The number of amides is 2. The number of nitrogens with zero attached hydrogens (tertiary/aromatic N) is 3. The fourth-order valence-corrected chi connectivity index (χ4v) is 3.83. The van der Waals surface area contributed by atoms with Gasteiger partial charge in [-0.1, -0.05) is 18.2 Å². The van der Waals surface area contributed by atoms with Crippen molar-refractivity contribution >= 4 is 34.2 Å². The second-order valence-electron chi connectivity index (χ2n) is 7.40. The molecule has 1 aliphatic heterocycles. The molecular weight excluding hydrogens is 394 g/mol. The molecule has 0 bridgehead atoms. The summed E-state index contributed by atoms with van der Waals surface area (Å²) in [5.41, 5.74) is 4.15. The summed E-state index contributed by atoms with van der Waals surface area (Å²) in [6.45, 7) is 0.456. The Morgan fingerprint density at radius 3 is 2.87 bits per heavy atom. The first kappa shape index (κ1) is 18.8. The van der Waals surface area contributed by atoms with Crippen molar-refractivity contribution in [2.24, 2.45) is 0 Å². The summed E-state index contributed by atoms with van der Waals surface area (Å²) in [7, 11) is 0. The van der Waals surface area contributed by atoms with E-state index < -0.39 is 0 Å². The van der Waals surface area contributed by atoms with Crippen LogP contribution in [0.4, 0.5) is 11.4 Å². The predicted molar refractivity (Wildman–Crippen MR) is 117 cm³/mol. The van der Waals surface area contributed by atoms with E-state index >= 15 is 0 Å². The van der Waals surface area contributed by atoms with Gasteiger partial charge in [-0.25, -0.2) is 4.98 Å². The Kier molecular flexibility index (Phi) is 4.59. The molecule has 8 heteroatoms. The minimum atomic E-state index is -0.369. The van der Waals surface area contributed by atoms with Crippen LogP contribution in [0.15, 0.2) is 71.9 Å². The number of para-hydroxylation sites is 1. The van der Waals surface area contributed by atoms with E-state index in [2.05, 4.69) is 15.3 Å². The van der Waals surface area contributed by atoms with E-state index in [9.17, 15) is 14.4 Å². The highest BCUT2D eigenvalue weighted by Crippen LogP contribution is 2.27. The molecule has 8 nitrogen and oxygen atoms in total. The van der Waals surface area contributed by atoms with Crippen LogP contribution in [-0.2, 0) is 17.8 Å². The smallest absolute Gasteiger partial charge is 0.257 e. The number of carbonyl (C=O) groups is 2. The van der Waals surface area contributed by atoms with Gasteiger partial charge in [-0.05, 0) is 42.3 Å². The van der Waals surface area contributed by atoms with Crippen LogP contribution in [0.25, 0.3) is 11.0 Å². The number of nitrogens with one attached hydrogen (secondary N) is 2. The van der Waals surface area contributed by atoms with Crippen LogP contribution in [-0.4, -0.2) is 32.9 Å². The maximum atomic E-state index is 12.9. The molecule has 0 unspecified atom stereocenters. The van der Waals surface area contributed by atoms with Crippen LogP contribution in [0.3, 0.4) is 0 Å². The molecule has 31 heavy (non-hydrogen) atoms. The Labute approximate surface area is 177 Å². The quantitative estimate of drug-likeness (QED) is 0.537. The molecule has 0 fully saturated rings. The molecule has 2 amide bonds. The molecular formula is C23H19N5O3. The highest BCUT2D eigenvalue weighted by molar-refractivity contribution is 6.04. The molecule has 4 aromatic rings. The van der Waals surface area contributed by atoms with E-state index in [1.165, 1.54) is 22.9 Å². The number of aromatic amines is 1.